The number of rotatable bonds is 1. The standard InChI is InChI=1S/C8H10N2O/c1-7-3-4-8(5-9-11)10(2)6-7/h3-6H,1-2H3/p+1. The first-order valence-corrected chi connectivity index (χ1v) is 3.38. The molecule has 3 heteroatoms. The number of aryl methyl sites for hydroxylation is 2. The molecule has 0 bridgehead atoms. The molecule has 1 rings (SSSR count). The van der Waals surface area contributed by atoms with Gasteiger partial charge in [0.2, 0.25) is 5.69 Å². The molecular weight excluding hydrogens is 140 g/mol. The van der Waals surface area contributed by atoms with E-state index in [-0.39, 0.29) is 0 Å². The summed E-state index contributed by atoms with van der Waals surface area (Å²) in [5.41, 5.74) is 2.06. The van der Waals surface area contributed by atoms with E-state index in [2.05, 4.69) is 5.16 Å². The van der Waals surface area contributed by atoms with Crippen LogP contribution in [0.3, 0.4) is 0 Å². The Morgan fingerprint density at radius 3 is 2.82 bits per heavy atom. The Labute approximate surface area is 65.6 Å². The van der Waals surface area contributed by atoms with Crippen molar-refractivity contribution in [1.82, 2.24) is 0 Å². The number of pyridine rings is 1. The lowest BCUT2D eigenvalue weighted by Crippen LogP contribution is -2.33. The fourth-order valence-electron chi connectivity index (χ4n) is 0.951. The highest BCUT2D eigenvalue weighted by Crippen LogP contribution is 1.92. The molecule has 0 fully saturated rings. The SMILES string of the molecule is Cc1ccc(/C=N/O)[n+](C)c1. The van der Waals surface area contributed by atoms with Gasteiger partial charge < -0.3 is 5.21 Å². The Kier molecular flexibility index (Phi) is 2.21. The molecule has 0 saturated carbocycles. The van der Waals surface area contributed by atoms with Gasteiger partial charge in [-0.15, -0.1) is 0 Å². The molecule has 0 spiro atoms. The summed E-state index contributed by atoms with van der Waals surface area (Å²) in [5, 5.41) is 11.2. The van der Waals surface area contributed by atoms with Gasteiger partial charge in [-0.1, -0.05) is 5.16 Å². The zero-order valence-corrected chi connectivity index (χ0v) is 6.65. The second kappa shape index (κ2) is 3.14. The molecule has 0 aliphatic carbocycles. The highest BCUT2D eigenvalue weighted by Gasteiger charge is 2.01. The van der Waals surface area contributed by atoms with Crippen LogP contribution in [0.25, 0.3) is 0 Å². The quantitative estimate of drug-likeness (QED) is 0.272. The first-order valence-electron chi connectivity index (χ1n) is 3.38. The van der Waals surface area contributed by atoms with E-state index >= 15 is 0 Å². The van der Waals surface area contributed by atoms with Crippen LogP contribution in [-0.2, 0) is 7.05 Å². The van der Waals surface area contributed by atoms with Crippen molar-refractivity contribution in [2.45, 2.75) is 6.92 Å². The smallest absolute Gasteiger partial charge is 0.226 e. The first kappa shape index (κ1) is 7.72. The highest BCUT2D eigenvalue weighted by molar-refractivity contribution is 5.74. The first-order chi connectivity index (χ1) is 5.24. The number of oxime groups is 1. The van der Waals surface area contributed by atoms with Gasteiger partial charge in [0, 0.05) is 11.6 Å². The molecule has 1 aromatic heterocycles. The maximum Gasteiger partial charge on any atom is 0.226 e. The summed E-state index contributed by atoms with van der Waals surface area (Å²) in [6.07, 6.45) is 3.37. The summed E-state index contributed by atoms with van der Waals surface area (Å²) in [7, 11) is 1.91. The predicted molar refractivity (Wildman–Crippen MR) is 41.7 cm³/mol. The second-order valence-electron chi connectivity index (χ2n) is 2.49. The van der Waals surface area contributed by atoms with Gasteiger partial charge in [0.05, 0.1) is 0 Å². The lowest BCUT2D eigenvalue weighted by atomic mass is 10.3. The molecule has 1 aromatic rings. The predicted octanol–water partition coefficient (Wildman–Crippen LogP) is 0.628. The maximum absolute atomic E-state index is 8.27. The van der Waals surface area contributed by atoms with Crippen molar-refractivity contribution in [3.63, 3.8) is 0 Å². The minimum absolute atomic E-state index is 0.873. The van der Waals surface area contributed by atoms with E-state index in [4.69, 9.17) is 5.21 Å². The average molecular weight is 151 g/mol. The highest BCUT2D eigenvalue weighted by atomic mass is 16.4. The number of nitrogens with zero attached hydrogens (tertiary/aromatic N) is 2. The number of aromatic nitrogens is 1. The molecule has 0 amide bonds. The third-order valence-electron chi connectivity index (χ3n) is 1.51. The molecule has 0 aliphatic heterocycles. The van der Waals surface area contributed by atoms with E-state index in [1.165, 1.54) is 11.8 Å². The minimum atomic E-state index is 0.873. The number of hydrogen-bond acceptors (Lipinski definition) is 2. The number of hydrogen-bond donors (Lipinski definition) is 1. The van der Waals surface area contributed by atoms with Crippen molar-refractivity contribution in [2.24, 2.45) is 12.2 Å². The molecule has 0 saturated heterocycles. The topological polar surface area (TPSA) is 36.5 Å². The third-order valence-corrected chi connectivity index (χ3v) is 1.51. The molecule has 1 heterocycles. The van der Waals surface area contributed by atoms with Gasteiger partial charge in [0.1, 0.15) is 13.3 Å². The van der Waals surface area contributed by atoms with Gasteiger partial charge in [-0.3, -0.25) is 0 Å². The van der Waals surface area contributed by atoms with Gasteiger partial charge >= 0.3 is 0 Å². The van der Waals surface area contributed by atoms with Crippen LogP contribution >= 0.6 is 0 Å². The Balaban J connectivity index is 3.09. The Bertz CT molecular complexity index is 281. The Morgan fingerprint density at radius 1 is 1.55 bits per heavy atom. The van der Waals surface area contributed by atoms with Crippen molar-refractivity contribution < 1.29 is 9.77 Å². The van der Waals surface area contributed by atoms with Crippen LogP contribution in [-0.4, -0.2) is 11.4 Å². The Hall–Kier alpha value is -1.38. The zero-order valence-electron chi connectivity index (χ0n) is 6.65. The fraction of sp³-hybridized carbons (Fsp3) is 0.250. The van der Waals surface area contributed by atoms with Crippen LogP contribution in [0.15, 0.2) is 23.5 Å². The van der Waals surface area contributed by atoms with Gasteiger partial charge in [-0.2, -0.15) is 4.57 Å². The molecule has 1 N–H and O–H groups in total. The van der Waals surface area contributed by atoms with Crippen molar-refractivity contribution in [3.8, 4) is 0 Å². The molecule has 0 aliphatic rings. The lowest BCUT2D eigenvalue weighted by Gasteiger charge is -1.92. The van der Waals surface area contributed by atoms with Crippen molar-refractivity contribution >= 4 is 6.21 Å². The molecular formula is C8H11N2O+. The van der Waals surface area contributed by atoms with E-state index in [9.17, 15) is 0 Å². The summed E-state index contributed by atoms with van der Waals surface area (Å²) in [4.78, 5) is 0. The second-order valence-corrected chi connectivity index (χ2v) is 2.49. The summed E-state index contributed by atoms with van der Waals surface area (Å²) < 4.78 is 1.90. The molecule has 3 nitrogen and oxygen atoms in total. The molecule has 11 heavy (non-hydrogen) atoms. The molecule has 0 atom stereocenters. The maximum atomic E-state index is 8.27. The van der Waals surface area contributed by atoms with Crippen molar-refractivity contribution in [3.05, 3.63) is 29.6 Å². The third kappa shape index (κ3) is 1.77. The molecule has 0 radical (unpaired) electrons. The van der Waals surface area contributed by atoms with Crippen molar-refractivity contribution in [2.75, 3.05) is 0 Å². The minimum Gasteiger partial charge on any atom is -0.411 e. The van der Waals surface area contributed by atoms with Gasteiger partial charge in [0.15, 0.2) is 6.20 Å². The molecule has 58 valence electrons. The van der Waals surface area contributed by atoms with Crippen molar-refractivity contribution in [1.29, 1.82) is 0 Å². The molecule has 0 unspecified atom stereocenters. The van der Waals surface area contributed by atoms with Gasteiger partial charge in [-0.25, -0.2) is 0 Å². The summed E-state index contributed by atoms with van der Waals surface area (Å²) >= 11 is 0. The lowest BCUT2D eigenvalue weighted by molar-refractivity contribution is -0.672. The van der Waals surface area contributed by atoms with Crippen LogP contribution < -0.4 is 4.57 Å². The van der Waals surface area contributed by atoms with Gasteiger partial charge in [-0.05, 0) is 13.0 Å². The normalized spacial score (nSPS) is 10.7. The van der Waals surface area contributed by atoms with E-state index in [0.29, 0.717) is 0 Å². The Morgan fingerprint density at radius 2 is 2.27 bits per heavy atom. The van der Waals surface area contributed by atoms with Crippen LogP contribution in [0.1, 0.15) is 11.3 Å². The summed E-state index contributed by atoms with van der Waals surface area (Å²) in [6, 6.07) is 3.87. The zero-order chi connectivity index (χ0) is 8.27. The largest absolute Gasteiger partial charge is 0.411 e. The van der Waals surface area contributed by atoms with Crippen LogP contribution in [0.5, 0.6) is 0 Å². The van der Waals surface area contributed by atoms with Crippen LogP contribution in [0.2, 0.25) is 0 Å². The van der Waals surface area contributed by atoms with Crippen LogP contribution in [0.4, 0.5) is 0 Å². The monoisotopic (exact) mass is 151 g/mol. The summed E-state index contributed by atoms with van der Waals surface area (Å²) in [5.74, 6) is 0. The van der Waals surface area contributed by atoms with E-state index < -0.39 is 0 Å². The summed E-state index contributed by atoms with van der Waals surface area (Å²) in [6.45, 7) is 2.01. The van der Waals surface area contributed by atoms with Crippen LogP contribution in [0, 0.1) is 6.92 Å². The van der Waals surface area contributed by atoms with Gasteiger partial charge in [0.25, 0.3) is 0 Å². The van der Waals surface area contributed by atoms with E-state index in [1.54, 1.807) is 0 Å². The average Bonchev–Trinajstić information content (AvgIpc) is 1.95. The fourth-order valence-corrected chi connectivity index (χ4v) is 0.951. The van der Waals surface area contributed by atoms with E-state index in [1.807, 2.05) is 36.9 Å². The van der Waals surface area contributed by atoms with E-state index in [0.717, 1.165) is 5.69 Å². The molecule has 0 aromatic carbocycles.